The van der Waals surface area contributed by atoms with Crippen molar-refractivity contribution in [1.82, 2.24) is 20.1 Å². The van der Waals surface area contributed by atoms with E-state index in [0.29, 0.717) is 17.8 Å². The highest BCUT2D eigenvalue weighted by Gasteiger charge is 2.45. The maximum atomic E-state index is 15.9. The largest absolute Gasteiger partial charge is 0.390 e. The topological polar surface area (TPSA) is 103 Å². The number of halogens is 1. The third kappa shape index (κ3) is 4.30. The van der Waals surface area contributed by atoms with Crippen molar-refractivity contribution >= 4 is 17.7 Å². The van der Waals surface area contributed by atoms with Crippen LogP contribution in [0.3, 0.4) is 0 Å². The van der Waals surface area contributed by atoms with Crippen LogP contribution in [0.15, 0.2) is 30.5 Å². The number of piperidine rings is 1. The van der Waals surface area contributed by atoms with Gasteiger partial charge in [0.1, 0.15) is 11.9 Å². The second-order valence-electron chi connectivity index (χ2n) is 10.7. The van der Waals surface area contributed by atoms with Crippen LogP contribution in [0.25, 0.3) is 11.3 Å². The van der Waals surface area contributed by atoms with Gasteiger partial charge in [-0.15, -0.1) is 0 Å². The third-order valence-corrected chi connectivity index (χ3v) is 7.80. The number of hydrogen-bond acceptors (Lipinski definition) is 6. The van der Waals surface area contributed by atoms with E-state index in [4.69, 9.17) is 0 Å². The quantitative estimate of drug-likeness (QED) is 0.620. The Morgan fingerprint density at radius 2 is 1.92 bits per heavy atom. The number of nitrogens with one attached hydrogen (secondary N) is 1. The smallest absolute Gasteiger partial charge is 0.255 e. The van der Waals surface area contributed by atoms with Crippen molar-refractivity contribution in [3.05, 3.63) is 53.0 Å². The van der Waals surface area contributed by atoms with Crippen molar-refractivity contribution in [2.45, 2.75) is 64.3 Å². The van der Waals surface area contributed by atoms with Gasteiger partial charge in [0, 0.05) is 48.3 Å². The fraction of sp³-hybridized carbons (Fsp3) is 0.481. The lowest BCUT2D eigenvalue weighted by Gasteiger charge is -2.32. The maximum Gasteiger partial charge on any atom is 0.255 e. The van der Waals surface area contributed by atoms with Gasteiger partial charge < -0.3 is 10.0 Å². The number of carbonyl (C=O) groups is 3. The van der Waals surface area contributed by atoms with E-state index in [2.05, 4.69) is 15.2 Å². The normalized spacial score (nSPS) is 24.9. The molecule has 0 aliphatic carbocycles. The predicted molar refractivity (Wildman–Crippen MR) is 130 cm³/mol. The standard InChI is InChI=1S/C27H31FN4O4/c1-15-23-19(26(35)32(15)21-6-7-22(33)30-25(21)34)5-4-18(24(23)28)20-12-16(8-10-29-20)13-31-11-9-17(14-31)27(2,3)36/h4-5,8,10,12,15,17,21,36H,6-7,9,11,13-14H2,1-3H3,(H,30,33,34)/t15-,17-,21+/m1/s1. The van der Waals surface area contributed by atoms with E-state index in [1.807, 2.05) is 26.0 Å². The van der Waals surface area contributed by atoms with Crippen LogP contribution in [-0.2, 0) is 16.1 Å². The number of pyridine rings is 1. The minimum absolute atomic E-state index is 0.140. The summed E-state index contributed by atoms with van der Waals surface area (Å²) in [5, 5.41) is 12.6. The molecule has 3 aliphatic rings. The van der Waals surface area contributed by atoms with E-state index in [9.17, 15) is 19.5 Å². The molecule has 0 spiro atoms. The minimum atomic E-state index is -0.810. The molecule has 0 unspecified atom stereocenters. The van der Waals surface area contributed by atoms with Crippen LogP contribution in [0.4, 0.5) is 4.39 Å². The first kappa shape index (κ1) is 24.5. The SMILES string of the molecule is C[C@@H]1c2c(ccc(-c3cc(CN4CC[C@@H](C(C)(C)O)C4)ccn3)c2F)C(=O)N1[C@H]1CCC(=O)NC1=O. The second-order valence-corrected chi connectivity index (χ2v) is 10.7. The summed E-state index contributed by atoms with van der Waals surface area (Å²) < 4.78 is 15.9. The van der Waals surface area contributed by atoms with E-state index >= 15 is 4.39 Å². The Labute approximate surface area is 209 Å². The summed E-state index contributed by atoms with van der Waals surface area (Å²) in [6.07, 6.45) is 2.94. The lowest BCUT2D eigenvalue weighted by Crippen LogP contribution is -2.53. The van der Waals surface area contributed by atoms with Gasteiger partial charge in [-0.25, -0.2) is 4.39 Å². The molecule has 2 saturated heterocycles. The molecule has 3 atom stereocenters. The van der Waals surface area contributed by atoms with E-state index < -0.39 is 35.3 Å². The number of rotatable bonds is 5. The van der Waals surface area contributed by atoms with Crippen LogP contribution in [0.2, 0.25) is 0 Å². The lowest BCUT2D eigenvalue weighted by atomic mass is 9.90. The first-order valence-electron chi connectivity index (χ1n) is 12.4. The van der Waals surface area contributed by atoms with Gasteiger partial charge in [0.15, 0.2) is 0 Å². The van der Waals surface area contributed by atoms with Gasteiger partial charge in [0.25, 0.3) is 5.91 Å². The van der Waals surface area contributed by atoms with Crippen LogP contribution < -0.4 is 5.32 Å². The molecule has 8 nitrogen and oxygen atoms in total. The number of hydrogen-bond donors (Lipinski definition) is 2. The maximum absolute atomic E-state index is 15.9. The number of carbonyl (C=O) groups excluding carboxylic acids is 3. The van der Waals surface area contributed by atoms with Gasteiger partial charge in [-0.1, -0.05) is 0 Å². The van der Waals surface area contributed by atoms with E-state index in [1.54, 1.807) is 25.3 Å². The zero-order valence-electron chi connectivity index (χ0n) is 20.8. The molecule has 2 aromatic rings. The molecule has 2 N–H and O–H groups in total. The Kier molecular flexibility index (Phi) is 6.16. The first-order valence-corrected chi connectivity index (χ1v) is 12.4. The molecule has 0 radical (unpaired) electrons. The van der Waals surface area contributed by atoms with E-state index in [-0.39, 0.29) is 35.8 Å². The number of fused-ring (bicyclic) bond motifs is 1. The molecule has 3 aliphatic heterocycles. The highest BCUT2D eigenvalue weighted by Crippen LogP contribution is 2.41. The van der Waals surface area contributed by atoms with Crippen molar-refractivity contribution in [1.29, 1.82) is 0 Å². The average molecular weight is 495 g/mol. The molecule has 0 bridgehead atoms. The Morgan fingerprint density at radius 1 is 1.17 bits per heavy atom. The third-order valence-electron chi connectivity index (χ3n) is 7.80. The second kappa shape index (κ2) is 9.05. The molecule has 0 saturated carbocycles. The molecule has 3 amide bonds. The van der Waals surface area contributed by atoms with Crippen molar-refractivity contribution in [2.75, 3.05) is 13.1 Å². The minimum Gasteiger partial charge on any atom is -0.390 e. The predicted octanol–water partition coefficient (Wildman–Crippen LogP) is 2.80. The van der Waals surface area contributed by atoms with E-state index in [0.717, 1.165) is 25.1 Å². The molecular formula is C27H31FN4O4. The summed E-state index contributed by atoms with van der Waals surface area (Å²) in [6, 6.07) is 5.48. The fourth-order valence-corrected chi connectivity index (χ4v) is 5.73. The zero-order chi connectivity index (χ0) is 25.8. The highest BCUT2D eigenvalue weighted by molar-refractivity contribution is 6.06. The van der Waals surface area contributed by atoms with Gasteiger partial charge in [-0.05, 0) is 70.0 Å². The number of aromatic nitrogens is 1. The number of imide groups is 1. The Balaban J connectivity index is 1.39. The molecule has 190 valence electrons. The number of likely N-dealkylation sites (tertiary alicyclic amines) is 1. The van der Waals surface area contributed by atoms with E-state index in [1.165, 1.54) is 4.90 Å². The van der Waals surface area contributed by atoms with Crippen molar-refractivity contribution in [2.24, 2.45) is 5.92 Å². The molecular weight excluding hydrogens is 463 g/mol. The summed E-state index contributed by atoms with van der Waals surface area (Å²) in [4.78, 5) is 45.2. The van der Waals surface area contributed by atoms with Crippen LogP contribution in [0.1, 0.15) is 67.6 Å². The number of benzene rings is 1. The number of nitrogens with zero attached hydrogens (tertiary/aromatic N) is 3. The van der Waals surface area contributed by atoms with Gasteiger partial charge in [-0.3, -0.25) is 29.6 Å². The van der Waals surface area contributed by atoms with Crippen LogP contribution in [0.5, 0.6) is 0 Å². The Hall–Kier alpha value is -3.17. The van der Waals surface area contributed by atoms with Crippen molar-refractivity contribution in [3.8, 4) is 11.3 Å². The van der Waals surface area contributed by atoms with Crippen LogP contribution in [-0.4, -0.2) is 62.3 Å². The molecule has 2 fully saturated rings. The lowest BCUT2D eigenvalue weighted by molar-refractivity contribution is -0.137. The van der Waals surface area contributed by atoms with Crippen LogP contribution in [0, 0.1) is 11.7 Å². The fourth-order valence-electron chi connectivity index (χ4n) is 5.73. The summed E-state index contributed by atoms with van der Waals surface area (Å²) in [7, 11) is 0. The molecule has 9 heteroatoms. The molecule has 5 rings (SSSR count). The van der Waals surface area contributed by atoms with Gasteiger partial charge in [0.2, 0.25) is 11.8 Å². The van der Waals surface area contributed by atoms with Crippen molar-refractivity contribution < 1.29 is 23.9 Å². The monoisotopic (exact) mass is 494 g/mol. The van der Waals surface area contributed by atoms with Gasteiger partial charge >= 0.3 is 0 Å². The molecule has 1 aromatic carbocycles. The summed E-state index contributed by atoms with van der Waals surface area (Å²) >= 11 is 0. The number of aliphatic hydroxyl groups is 1. The summed E-state index contributed by atoms with van der Waals surface area (Å²) in [5.41, 5.74) is 1.54. The van der Waals surface area contributed by atoms with Gasteiger partial charge in [-0.2, -0.15) is 0 Å². The average Bonchev–Trinajstić information content (AvgIpc) is 3.38. The molecule has 36 heavy (non-hydrogen) atoms. The van der Waals surface area contributed by atoms with Crippen LogP contribution >= 0.6 is 0 Å². The summed E-state index contributed by atoms with van der Waals surface area (Å²) in [6.45, 7) is 7.74. The Bertz CT molecular complexity index is 1240. The van der Waals surface area contributed by atoms with Gasteiger partial charge in [0.05, 0.1) is 17.3 Å². The molecule has 1 aromatic heterocycles. The number of amides is 3. The Morgan fingerprint density at radius 3 is 2.61 bits per heavy atom. The highest BCUT2D eigenvalue weighted by atomic mass is 19.1. The summed E-state index contributed by atoms with van der Waals surface area (Å²) in [5.74, 6) is -1.61. The van der Waals surface area contributed by atoms with Crippen molar-refractivity contribution in [3.63, 3.8) is 0 Å². The zero-order valence-corrected chi connectivity index (χ0v) is 20.8. The molecule has 4 heterocycles. The first-order chi connectivity index (χ1) is 17.0.